The van der Waals surface area contributed by atoms with Gasteiger partial charge in [0.05, 0.1) is 10.5 Å². The number of nitro benzene ring substituents is 1. The Morgan fingerprint density at radius 1 is 1.50 bits per heavy atom. The number of hydrogen-bond donors (Lipinski definition) is 2. The van der Waals surface area contributed by atoms with Gasteiger partial charge in [-0.1, -0.05) is 17.9 Å². The predicted molar refractivity (Wildman–Crippen MR) is 53.9 cm³/mol. The van der Waals surface area contributed by atoms with Crippen molar-refractivity contribution >= 4 is 11.7 Å². The Morgan fingerprint density at radius 3 is 2.75 bits per heavy atom. The molecule has 0 aliphatic heterocycles. The molecule has 82 valence electrons. The molecule has 0 saturated heterocycles. The van der Waals surface area contributed by atoms with Gasteiger partial charge in [-0.05, 0) is 6.07 Å². The van der Waals surface area contributed by atoms with Gasteiger partial charge < -0.3 is 10.2 Å². The molecular weight excluding hydrogens is 214 g/mol. The number of phenols is 1. The van der Waals surface area contributed by atoms with Gasteiger partial charge >= 0.3 is 11.7 Å². The number of benzene rings is 1. The van der Waals surface area contributed by atoms with Crippen molar-refractivity contribution in [3.8, 4) is 17.6 Å². The number of para-hydroxylation sites is 1. The van der Waals surface area contributed by atoms with Crippen molar-refractivity contribution in [3.63, 3.8) is 0 Å². The fourth-order valence-corrected chi connectivity index (χ4v) is 0.995. The Kier molecular flexibility index (Phi) is 3.45. The molecule has 16 heavy (non-hydrogen) atoms. The second-order valence-electron chi connectivity index (χ2n) is 2.80. The molecule has 1 aromatic rings. The van der Waals surface area contributed by atoms with Crippen LogP contribution in [0.25, 0.3) is 0 Å². The molecular formula is C10H7NO5. The van der Waals surface area contributed by atoms with Gasteiger partial charge in [0.15, 0.2) is 0 Å². The number of nitro groups is 1. The van der Waals surface area contributed by atoms with Crippen LogP contribution in [-0.4, -0.2) is 21.1 Å². The Hall–Kier alpha value is -2.55. The van der Waals surface area contributed by atoms with Gasteiger partial charge in [-0.3, -0.25) is 14.9 Å². The van der Waals surface area contributed by atoms with Crippen molar-refractivity contribution in [1.82, 2.24) is 0 Å². The van der Waals surface area contributed by atoms with Gasteiger partial charge in [0, 0.05) is 6.07 Å². The number of phenolic OH excluding ortho intramolecular Hbond substituents is 1. The Labute approximate surface area is 90.3 Å². The van der Waals surface area contributed by atoms with Crippen LogP contribution in [0.5, 0.6) is 5.75 Å². The Morgan fingerprint density at radius 2 is 2.19 bits per heavy atom. The van der Waals surface area contributed by atoms with E-state index in [2.05, 4.69) is 11.8 Å². The summed E-state index contributed by atoms with van der Waals surface area (Å²) in [5.41, 5.74) is -0.419. The largest absolute Gasteiger partial charge is 0.501 e. The van der Waals surface area contributed by atoms with E-state index < -0.39 is 22.3 Å². The monoisotopic (exact) mass is 221 g/mol. The zero-order chi connectivity index (χ0) is 12.1. The summed E-state index contributed by atoms with van der Waals surface area (Å²) in [7, 11) is 0. The molecule has 0 unspecified atom stereocenters. The van der Waals surface area contributed by atoms with Gasteiger partial charge in [0.25, 0.3) is 0 Å². The van der Waals surface area contributed by atoms with Crippen molar-refractivity contribution in [3.05, 3.63) is 33.9 Å². The summed E-state index contributed by atoms with van der Waals surface area (Å²) in [5.74, 6) is 2.98. The van der Waals surface area contributed by atoms with Gasteiger partial charge in [-0.25, -0.2) is 0 Å². The zero-order valence-corrected chi connectivity index (χ0v) is 8.01. The molecule has 0 amide bonds. The summed E-state index contributed by atoms with van der Waals surface area (Å²) >= 11 is 0. The number of aromatic hydroxyl groups is 1. The maximum Gasteiger partial charge on any atom is 0.315 e. The number of carboxylic acids is 1. The Balaban J connectivity index is 3.05. The smallest absolute Gasteiger partial charge is 0.315 e. The van der Waals surface area contributed by atoms with Crippen molar-refractivity contribution in [2.24, 2.45) is 0 Å². The summed E-state index contributed by atoms with van der Waals surface area (Å²) in [4.78, 5) is 19.9. The topological polar surface area (TPSA) is 101 Å². The third kappa shape index (κ3) is 2.72. The lowest BCUT2D eigenvalue weighted by atomic mass is 10.1. The highest BCUT2D eigenvalue weighted by Gasteiger charge is 2.14. The lowest BCUT2D eigenvalue weighted by molar-refractivity contribution is -0.385. The predicted octanol–water partition coefficient (Wildman–Crippen LogP) is 1.13. The summed E-state index contributed by atoms with van der Waals surface area (Å²) in [5, 5.41) is 28.2. The minimum atomic E-state index is -1.10. The van der Waals surface area contributed by atoms with Gasteiger partial charge in [-0.2, -0.15) is 0 Å². The van der Waals surface area contributed by atoms with E-state index in [1.54, 1.807) is 0 Å². The minimum absolute atomic E-state index is 0.0375. The third-order valence-electron chi connectivity index (χ3n) is 1.67. The summed E-state index contributed by atoms with van der Waals surface area (Å²) in [6, 6.07) is 3.87. The fourth-order valence-electron chi connectivity index (χ4n) is 0.995. The highest BCUT2D eigenvalue weighted by Crippen LogP contribution is 2.28. The third-order valence-corrected chi connectivity index (χ3v) is 1.67. The number of nitrogens with zero attached hydrogens (tertiary/aromatic N) is 1. The van der Waals surface area contributed by atoms with E-state index >= 15 is 0 Å². The maximum atomic E-state index is 10.5. The average molecular weight is 221 g/mol. The standard InChI is InChI=1S/C10H7NO5/c12-9(13)6-2-4-7-3-1-5-8(10(7)14)11(15)16/h1,3,5,14H,6H2,(H,12,13). The quantitative estimate of drug-likeness (QED) is 0.442. The highest BCUT2D eigenvalue weighted by molar-refractivity contribution is 5.70. The molecule has 0 radical (unpaired) electrons. The molecule has 0 aliphatic carbocycles. The Bertz CT molecular complexity index is 498. The van der Waals surface area contributed by atoms with Crippen LogP contribution in [0.3, 0.4) is 0 Å². The van der Waals surface area contributed by atoms with Crippen LogP contribution in [0.1, 0.15) is 12.0 Å². The summed E-state index contributed by atoms with van der Waals surface area (Å²) in [6.07, 6.45) is -0.387. The first-order valence-electron chi connectivity index (χ1n) is 4.19. The van der Waals surface area contributed by atoms with Crippen LogP contribution in [0.2, 0.25) is 0 Å². The van der Waals surface area contributed by atoms with Gasteiger partial charge in [0.2, 0.25) is 5.75 Å². The van der Waals surface area contributed by atoms with Crippen molar-refractivity contribution in [1.29, 1.82) is 0 Å². The first-order chi connectivity index (χ1) is 7.52. The minimum Gasteiger partial charge on any atom is -0.501 e. The first-order valence-corrected chi connectivity index (χ1v) is 4.19. The molecule has 1 aromatic carbocycles. The van der Waals surface area contributed by atoms with Crippen molar-refractivity contribution in [2.45, 2.75) is 6.42 Å². The molecule has 6 nitrogen and oxygen atoms in total. The van der Waals surface area contributed by atoms with Crippen LogP contribution in [0, 0.1) is 22.0 Å². The second-order valence-corrected chi connectivity index (χ2v) is 2.80. The summed E-state index contributed by atoms with van der Waals surface area (Å²) in [6.45, 7) is 0. The molecule has 1 rings (SSSR count). The molecule has 0 bridgehead atoms. The van der Waals surface area contributed by atoms with Crippen LogP contribution < -0.4 is 0 Å². The van der Waals surface area contributed by atoms with Crippen LogP contribution in [0.15, 0.2) is 18.2 Å². The SMILES string of the molecule is O=C(O)CC#Cc1cccc([N+](=O)[O-])c1O. The molecule has 0 saturated carbocycles. The maximum absolute atomic E-state index is 10.5. The normalized spacial score (nSPS) is 9.00. The lowest BCUT2D eigenvalue weighted by Crippen LogP contribution is -1.91. The second kappa shape index (κ2) is 4.79. The van der Waals surface area contributed by atoms with Gasteiger partial charge in [-0.15, -0.1) is 0 Å². The van der Waals surface area contributed by atoms with E-state index in [9.17, 15) is 20.0 Å². The van der Waals surface area contributed by atoms with Crippen molar-refractivity contribution < 1.29 is 19.9 Å². The molecule has 0 aromatic heterocycles. The number of hydrogen-bond acceptors (Lipinski definition) is 4. The van der Waals surface area contributed by atoms with E-state index in [1.165, 1.54) is 12.1 Å². The van der Waals surface area contributed by atoms with E-state index in [0.717, 1.165) is 6.07 Å². The molecule has 0 atom stereocenters. The lowest BCUT2D eigenvalue weighted by Gasteiger charge is -1.97. The molecule has 0 aliphatic rings. The van der Waals surface area contributed by atoms with E-state index in [1.807, 2.05) is 0 Å². The fraction of sp³-hybridized carbons (Fsp3) is 0.100. The zero-order valence-electron chi connectivity index (χ0n) is 8.01. The summed E-state index contributed by atoms with van der Waals surface area (Å²) < 4.78 is 0. The molecule has 2 N–H and O–H groups in total. The molecule has 6 heteroatoms. The number of carbonyl (C=O) groups is 1. The number of rotatable bonds is 2. The molecule has 0 spiro atoms. The number of carboxylic acid groups (broad SMARTS) is 1. The van der Waals surface area contributed by atoms with E-state index in [4.69, 9.17) is 5.11 Å². The van der Waals surface area contributed by atoms with Crippen LogP contribution >= 0.6 is 0 Å². The van der Waals surface area contributed by atoms with Crippen LogP contribution in [-0.2, 0) is 4.79 Å². The van der Waals surface area contributed by atoms with Crippen molar-refractivity contribution in [2.75, 3.05) is 0 Å². The molecule has 0 fully saturated rings. The highest BCUT2D eigenvalue weighted by atomic mass is 16.6. The average Bonchev–Trinajstić information content (AvgIpc) is 2.19. The van der Waals surface area contributed by atoms with Crippen LogP contribution in [0.4, 0.5) is 5.69 Å². The van der Waals surface area contributed by atoms with E-state index in [-0.39, 0.29) is 12.0 Å². The van der Waals surface area contributed by atoms with Gasteiger partial charge in [0.1, 0.15) is 6.42 Å². The number of aliphatic carboxylic acids is 1. The van der Waals surface area contributed by atoms with E-state index in [0.29, 0.717) is 0 Å². The molecule has 0 heterocycles. The first kappa shape index (κ1) is 11.5.